The summed E-state index contributed by atoms with van der Waals surface area (Å²) in [6, 6.07) is 17.8. The molecular formula is C25H21ClN4O4. The maximum absolute atomic E-state index is 10.4. The molecule has 2 bridgehead atoms. The van der Waals surface area contributed by atoms with Gasteiger partial charge in [-0.05, 0) is 36.8 Å². The molecule has 2 aromatic carbocycles. The zero-order chi connectivity index (χ0) is 24.7. The fraction of sp³-hybridized carbons (Fsp3) is 0.360. The summed E-state index contributed by atoms with van der Waals surface area (Å²) < 4.78 is 23.5. The first-order valence-electron chi connectivity index (χ1n) is 10.6. The molecule has 34 heavy (non-hydrogen) atoms. The van der Waals surface area contributed by atoms with Crippen molar-refractivity contribution in [2.24, 2.45) is 16.7 Å². The number of benzene rings is 2. The van der Waals surface area contributed by atoms with Crippen LogP contribution in [0.1, 0.15) is 31.1 Å². The number of nitrogens with zero attached hydrogens (tertiary/aromatic N) is 3. The monoisotopic (exact) mass is 476 g/mol. The molecule has 172 valence electrons. The van der Waals surface area contributed by atoms with E-state index in [0.717, 1.165) is 0 Å². The van der Waals surface area contributed by atoms with Gasteiger partial charge in [-0.2, -0.15) is 15.8 Å². The smallest absolute Gasteiger partial charge is 0.244 e. The van der Waals surface area contributed by atoms with Gasteiger partial charge in [0, 0.05) is 10.6 Å². The Morgan fingerprint density at radius 3 is 2.41 bits per heavy atom. The summed E-state index contributed by atoms with van der Waals surface area (Å²) in [7, 11) is 1.47. The van der Waals surface area contributed by atoms with Crippen molar-refractivity contribution in [3.05, 3.63) is 58.6 Å². The second kappa shape index (κ2) is 8.22. The fourth-order valence-corrected chi connectivity index (χ4v) is 5.19. The summed E-state index contributed by atoms with van der Waals surface area (Å²) in [6.07, 6.45) is -1.26. The lowest BCUT2D eigenvalue weighted by Crippen LogP contribution is -2.57. The lowest BCUT2D eigenvalue weighted by molar-refractivity contribution is -0.288. The number of nitrogens with one attached hydrogen (secondary N) is 1. The van der Waals surface area contributed by atoms with Gasteiger partial charge < -0.3 is 18.9 Å². The quantitative estimate of drug-likeness (QED) is 0.651. The number of hydrogen-bond donors (Lipinski definition) is 1. The first-order chi connectivity index (χ1) is 16.3. The van der Waals surface area contributed by atoms with Crippen LogP contribution in [0.5, 0.6) is 11.5 Å². The third kappa shape index (κ3) is 2.82. The highest BCUT2D eigenvalue weighted by Crippen LogP contribution is 2.69. The van der Waals surface area contributed by atoms with Gasteiger partial charge in [-0.25, -0.2) is 0 Å². The minimum atomic E-state index is -2.09. The highest BCUT2D eigenvalue weighted by Gasteiger charge is 2.79. The van der Waals surface area contributed by atoms with E-state index in [1.54, 1.807) is 49.4 Å². The third-order valence-electron chi connectivity index (χ3n) is 6.69. The van der Waals surface area contributed by atoms with Gasteiger partial charge in [-0.3, -0.25) is 5.41 Å². The van der Waals surface area contributed by atoms with E-state index in [2.05, 4.69) is 6.07 Å². The second-order valence-corrected chi connectivity index (χ2v) is 8.56. The molecule has 0 radical (unpaired) electrons. The van der Waals surface area contributed by atoms with E-state index in [-0.39, 0.29) is 0 Å². The summed E-state index contributed by atoms with van der Waals surface area (Å²) in [5.41, 5.74) is -3.12. The Morgan fingerprint density at radius 2 is 1.82 bits per heavy atom. The van der Waals surface area contributed by atoms with E-state index in [1.807, 2.05) is 19.1 Å². The Labute approximate surface area is 202 Å². The molecule has 2 aliphatic heterocycles. The van der Waals surface area contributed by atoms with E-state index in [4.69, 9.17) is 36.0 Å². The number of fused-ring (bicyclic) bond motifs is 2. The molecule has 0 spiro atoms. The molecule has 0 amide bonds. The van der Waals surface area contributed by atoms with Crippen LogP contribution in [-0.4, -0.2) is 19.6 Å². The zero-order valence-electron chi connectivity index (χ0n) is 18.8. The van der Waals surface area contributed by atoms with Gasteiger partial charge in [0.25, 0.3) is 0 Å². The molecule has 9 heteroatoms. The predicted molar refractivity (Wildman–Crippen MR) is 121 cm³/mol. The van der Waals surface area contributed by atoms with Crippen molar-refractivity contribution in [3.63, 3.8) is 0 Å². The van der Waals surface area contributed by atoms with Gasteiger partial charge in [-0.15, -0.1) is 0 Å². The molecule has 0 saturated carbocycles. The lowest BCUT2D eigenvalue weighted by atomic mass is 9.53. The summed E-state index contributed by atoms with van der Waals surface area (Å²) in [5, 5.41) is 40.2. The van der Waals surface area contributed by atoms with Gasteiger partial charge in [0.05, 0.1) is 37.8 Å². The van der Waals surface area contributed by atoms with Crippen molar-refractivity contribution in [1.29, 1.82) is 21.2 Å². The molecular weight excluding hydrogens is 456 g/mol. The predicted octanol–water partition coefficient (Wildman–Crippen LogP) is 4.86. The Hall–Kier alpha value is -3.77. The topological polar surface area (TPSA) is 132 Å². The van der Waals surface area contributed by atoms with Crippen molar-refractivity contribution in [2.45, 2.75) is 25.7 Å². The summed E-state index contributed by atoms with van der Waals surface area (Å²) in [4.78, 5) is 0. The van der Waals surface area contributed by atoms with Crippen molar-refractivity contribution < 1.29 is 18.9 Å². The Morgan fingerprint density at radius 1 is 1.09 bits per heavy atom. The molecule has 2 fully saturated rings. The van der Waals surface area contributed by atoms with Gasteiger partial charge in [-0.1, -0.05) is 36.7 Å². The summed E-state index contributed by atoms with van der Waals surface area (Å²) in [5.74, 6) is -2.14. The van der Waals surface area contributed by atoms with Crippen LogP contribution in [0.4, 0.5) is 0 Å². The van der Waals surface area contributed by atoms with E-state index in [1.165, 1.54) is 7.11 Å². The SMILES string of the molecule is CCOc1ccc(C2OC3(c4cccc(Cl)c4)OC(=N)C(C#N)(C3C)C2(C#N)C#N)cc1OC. The minimum Gasteiger partial charge on any atom is -0.493 e. The van der Waals surface area contributed by atoms with Crippen LogP contribution in [0.25, 0.3) is 0 Å². The van der Waals surface area contributed by atoms with Crippen molar-refractivity contribution in [3.8, 4) is 29.7 Å². The zero-order valence-corrected chi connectivity index (χ0v) is 19.5. The Bertz CT molecular complexity index is 1280. The standard InChI is InChI=1S/C25H21ClN4O4/c1-4-32-19-9-8-16(10-20(19)31-3)21-23(12-27,13-28)24(14-29)15(2)25(33-21,34-22(24)30)17-6-5-7-18(26)11-17/h5-11,15,21,30H,4H2,1-3H3. The van der Waals surface area contributed by atoms with E-state index in [0.29, 0.717) is 34.3 Å². The van der Waals surface area contributed by atoms with Crippen molar-refractivity contribution in [1.82, 2.24) is 0 Å². The molecule has 8 nitrogen and oxygen atoms in total. The maximum Gasteiger partial charge on any atom is 0.244 e. The number of nitriles is 3. The van der Waals surface area contributed by atoms with Crippen LogP contribution in [-0.2, 0) is 15.3 Å². The average Bonchev–Trinajstić information content (AvgIpc) is 3.01. The average molecular weight is 477 g/mol. The van der Waals surface area contributed by atoms with Crippen LogP contribution >= 0.6 is 11.6 Å². The first kappa shape index (κ1) is 23.4. The molecule has 2 aromatic rings. The highest BCUT2D eigenvalue weighted by atomic mass is 35.5. The maximum atomic E-state index is 10.4. The van der Waals surface area contributed by atoms with E-state index >= 15 is 0 Å². The highest BCUT2D eigenvalue weighted by molar-refractivity contribution is 6.30. The van der Waals surface area contributed by atoms with Crippen LogP contribution in [0.3, 0.4) is 0 Å². The number of ether oxygens (including phenoxy) is 4. The largest absolute Gasteiger partial charge is 0.493 e. The Kier molecular flexibility index (Phi) is 5.66. The Balaban J connectivity index is 2.01. The van der Waals surface area contributed by atoms with Crippen LogP contribution in [0.15, 0.2) is 42.5 Å². The van der Waals surface area contributed by atoms with E-state index in [9.17, 15) is 15.8 Å². The van der Waals surface area contributed by atoms with Gasteiger partial charge >= 0.3 is 0 Å². The summed E-state index contributed by atoms with van der Waals surface area (Å²) >= 11 is 6.24. The van der Waals surface area contributed by atoms with Crippen molar-refractivity contribution >= 4 is 17.5 Å². The summed E-state index contributed by atoms with van der Waals surface area (Å²) in [6.45, 7) is 3.89. The van der Waals surface area contributed by atoms with Gasteiger partial charge in [0.2, 0.25) is 17.1 Å². The number of rotatable bonds is 5. The van der Waals surface area contributed by atoms with Crippen LogP contribution in [0.2, 0.25) is 5.02 Å². The molecule has 1 N–H and O–H groups in total. The number of hydrogen-bond acceptors (Lipinski definition) is 8. The lowest BCUT2D eigenvalue weighted by Gasteiger charge is -2.48. The first-order valence-corrected chi connectivity index (χ1v) is 10.9. The normalized spacial score (nSPS) is 28.7. The van der Waals surface area contributed by atoms with Crippen LogP contribution in [0, 0.1) is 56.2 Å². The molecule has 4 unspecified atom stereocenters. The van der Waals surface area contributed by atoms with Gasteiger partial charge in [0.1, 0.15) is 6.10 Å². The molecule has 0 aliphatic carbocycles. The van der Waals surface area contributed by atoms with Gasteiger partial charge in [0.15, 0.2) is 16.9 Å². The third-order valence-corrected chi connectivity index (χ3v) is 6.92. The minimum absolute atomic E-state index is 0.373. The molecule has 0 aromatic heterocycles. The van der Waals surface area contributed by atoms with E-state index < -0.39 is 34.5 Å². The second-order valence-electron chi connectivity index (χ2n) is 8.12. The fourth-order valence-electron chi connectivity index (χ4n) is 5.00. The van der Waals surface area contributed by atoms with Crippen LogP contribution < -0.4 is 9.47 Å². The molecule has 2 heterocycles. The molecule has 4 atom stereocenters. The molecule has 2 saturated heterocycles. The number of halogens is 1. The molecule has 4 rings (SSSR count). The number of methoxy groups -OCH3 is 1. The van der Waals surface area contributed by atoms with Crippen molar-refractivity contribution in [2.75, 3.05) is 13.7 Å². The molecule has 2 aliphatic rings.